The second kappa shape index (κ2) is 8.03. The number of aromatic nitrogens is 1. The number of hydrogen-bond acceptors (Lipinski definition) is 3. The molecule has 0 saturated carbocycles. The second-order valence-electron chi connectivity index (χ2n) is 5.92. The molecule has 3 nitrogen and oxygen atoms in total. The molecule has 0 N–H and O–H groups in total. The summed E-state index contributed by atoms with van der Waals surface area (Å²) in [6.45, 7) is 5.09. The van der Waals surface area contributed by atoms with Crippen molar-refractivity contribution in [2.24, 2.45) is 0 Å². The Morgan fingerprint density at radius 3 is 2.00 bits per heavy atom. The number of hydrogen-bond donors (Lipinski definition) is 0. The predicted molar refractivity (Wildman–Crippen MR) is 91.0 cm³/mol. The van der Waals surface area contributed by atoms with Crippen LogP contribution in [0.15, 0.2) is 30.2 Å². The van der Waals surface area contributed by atoms with Gasteiger partial charge in [-0.1, -0.05) is 18.9 Å². The molecular weight excluding hydrogens is 277 g/mol. The molecule has 0 bridgehead atoms. The van der Waals surface area contributed by atoms with Gasteiger partial charge in [0.15, 0.2) is 0 Å². The zero-order valence-electron chi connectivity index (χ0n) is 12.8. The maximum Gasteiger partial charge on any atom is 0.0648 e. The Morgan fingerprint density at radius 2 is 1.48 bits per heavy atom. The molecule has 3 rings (SSSR count). The lowest BCUT2D eigenvalue weighted by Crippen LogP contribution is -2.34. The summed E-state index contributed by atoms with van der Waals surface area (Å²) in [5.41, 5.74) is 1.08. The van der Waals surface area contributed by atoms with Gasteiger partial charge in [0.1, 0.15) is 0 Å². The molecule has 2 aliphatic heterocycles. The maximum atomic E-state index is 4.43. The molecule has 2 saturated heterocycles. The van der Waals surface area contributed by atoms with Gasteiger partial charge in [0.2, 0.25) is 0 Å². The van der Waals surface area contributed by atoms with Crippen molar-refractivity contribution in [3.8, 4) is 0 Å². The lowest BCUT2D eigenvalue weighted by molar-refractivity contribution is 0.314. The van der Waals surface area contributed by atoms with Crippen LogP contribution in [-0.2, 0) is 0 Å². The molecular formula is C17H26N3P. The molecule has 0 radical (unpaired) electrons. The molecule has 1 aromatic heterocycles. The minimum Gasteiger partial charge on any atom is -0.267 e. The highest BCUT2D eigenvalue weighted by atomic mass is 31.1. The summed E-state index contributed by atoms with van der Waals surface area (Å²) in [7, 11) is -0.275. The smallest absolute Gasteiger partial charge is 0.0648 e. The van der Waals surface area contributed by atoms with Gasteiger partial charge in [-0.25, -0.2) is 0 Å². The first-order chi connectivity index (χ1) is 10.4. The number of rotatable bonds is 4. The van der Waals surface area contributed by atoms with Crippen LogP contribution in [0.25, 0.3) is 6.08 Å². The molecule has 2 fully saturated rings. The molecule has 0 aliphatic carbocycles. The van der Waals surface area contributed by atoms with Gasteiger partial charge in [0, 0.05) is 32.4 Å². The minimum absolute atomic E-state index is 0.275. The summed E-state index contributed by atoms with van der Waals surface area (Å²) in [5, 5.41) is 0. The lowest BCUT2D eigenvalue weighted by Gasteiger charge is -2.41. The van der Waals surface area contributed by atoms with Crippen molar-refractivity contribution in [2.75, 3.05) is 26.2 Å². The minimum atomic E-state index is -0.275. The van der Waals surface area contributed by atoms with E-state index in [-0.39, 0.29) is 8.22 Å². The quantitative estimate of drug-likeness (QED) is 0.772. The molecule has 4 heteroatoms. The van der Waals surface area contributed by atoms with E-state index in [0.29, 0.717) is 0 Å². The van der Waals surface area contributed by atoms with Crippen LogP contribution in [0.5, 0.6) is 0 Å². The summed E-state index contributed by atoms with van der Waals surface area (Å²) in [6, 6.07) is 6.14. The molecule has 3 heterocycles. The van der Waals surface area contributed by atoms with E-state index in [1.165, 1.54) is 64.7 Å². The van der Waals surface area contributed by atoms with Crippen molar-refractivity contribution in [3.63, 3.8) is 0 Å². The van der Waals surface area contributed by atoms with Gasteiger partial charge < -0.3 is 0 Å². The van der Waals surface area contributed by atoms with Crippen molar-refractivity contribution >= 4 is 14.3 Å². The Labute approximate surface area is 129 Å². The maximum absolute atomic E-state index is 4.43. The largest absolute Gasteiger partial charge is 0.267 e. The molecule has 0 amide bonds. The van der Waals surface area contributed by atoms with Crippen molar-refractivity contribution in [1.82, 2.24) is 14.3 Å². The van der Waals surface area contributed by atoms with Gasteiger partial charge in [0.25, 0.3) is 0 Å². The van der Waals surface area contributed by atoms with Gasteiger partial charge in [-0.3, -0.25) is 14.3 Å². The van der Waals surface area contributed by atoms with Crippen LogP contribution < -0.4 is 0 Å². The van der Waals surface area contributed by atoms with E-state index in [1.54, 1.807) is 0 Å². The number of nitrogens with zero attached hydrogens (tertiary/aromatic N) is 3. The molecule has 0 unspecified atom stereocenters. The van der Waals surface area contributed by atoms with E-state index < -0.39 is 0 Å². The van der Waals surface area contributed by atoms with Gasteiger partial charge >= 0.3 is 0 Å². The third kappa shape index (κ3) is 4.35. The topological polar surface area (TPSA) is 19.4 Å². The Bertz CT molecular complexity index is 419. The van der Waals surface area contributed by atoms with Crippen LogP contribution in [0.3, 0.4) is 0 Å². The van der Waals surface area contributed by atoms with Crippen LogP contribution in [0.4, 0.5) is 0 Å². The van der Waals surface area contributed by atoms with Gasteiger partial charge in [-0.15, -0.1) is 0 Å². The zero-order valence-corrected chi connectivity index (χ0v) is 13.7. The standard InChI is InChI=1S/C17H26N3P/c1-5-12-19(13-6-1)21(20-14-7-2-8-15-20)16-10-17-9-3-4-11-18-17/h3-4,9-11,16H,1-2,5-8,12-15H2. The fourth-order valence-corrected chi connectivity index (χ4v) is 5.56. The molecule has 0 spiro atoms. The lowest BCUT2D eigenvalue weighted by atomic mass is 10.2. The second-order valence-corrected chi connectivity index (χ2v) is 7.99. The number of pyridine rings is 1. The average Bonchev–Trinajstić information content (AvgIpc) is 2.58. The average molecular weight is 303 g/mol. The fourth-order valence-electron chi connectivity index (χ4n) is 3.15. The van der Waals surface area contributed by atoms with Crippen LogP contribution in [0, 0.1) is 0 Å². The Balaban J connectivity index is 1.72. The van der Waals surface area contributed by atoms with Crippen molar-refractivity contribution in [2.45, 2.75) is 38.5 Å². The Hall–Kier alpha value is -0.760. The van der Waals surface area contributed by atoms with E-state index in [9.17, 15) is 0 Å². The summed E-state index contributed by atoms with van der Waals surface area (Å²) in [4.78, 5) is 4.43. The van der Waals surface area contributed by atoms with Gasteiger partial charge in [0.05, 0.1) is 13.9 Å². The summed E-state index contributed by atoms with van der Waals surface area (Å²) in [5.74, 6) is 2.44. The molecule has 2 aliphatic rings. The van der Waals surface area contributed by atoms with Gasteiger partial charge in [-0.05, 0) is 49.7 Å². The zero-order chi connectivity index (χ0) is 14.3. The van der Waals surface area contributed by atoms with Crippen LogP contribution in [0.2, 0.25) is 0 Å². The first-order valence-electron chi connectivity index (χ1n) is 8.32. The van der Waals surface area contributed by atoms with Crippen molar-refractivity contribution in [1.29, 1.82) is 0 Å². The highest BCUT2D eigenvalue weighted by Gasteiger charge is 2.25. The molecule has 1 aromatic rings. The van der Waals surface area contributed by atoms with E-state index in [4.69, 9.17) is 0 Å². The molecule has 21 heavy (non-hydrogen) atoms. The van der Waals surface area contributed by atoms with Crippen LogP contribution >= 0.6 is 8.22 Å². The van der Waals surface area contributed by atoms with Crippen molar-refractivity contribution < 1.29 is 0 Å². The highest BCUT2D eigenvalue weighted by molar-refractivity contribution is 7.56. The SMILES string of the molecule is C(=CP(N1CCCCC1)N1CCCCC1)c1ccccn1. The fraction of sp³-hybridized carbons (Fsp3) is 0.588. The third-order valence-corrected chi connectivity index (χ3v) is 6.69. The van der Waals surface area contributed by atoms with Gasteiger partial charge in [-0.2, -0.15) is 0 Å². The van der Waals surface area contributed by atoms with E-state index in [0.717, 1.165) is 5.69 Å². The first kappa shape index (κ1) is 15.1. The molecule has 0 atom stereocenters. The Kier molecular flexibility index (Phi) is 5.79. The summed E-state index contributed by atoms with van der Waals surface area (Å²) < 4.78 is 5.45. The monoisotopic (exact) mass is 303 g/mol. The summed E-state index contributed by atoms with van der Waals surface area (Å²) in [6.07, 6.45) is 12.4. The molecule has 114 valence electrons. The van der Waals surface area contributed by atoms with Crippen LogP contribution in [0.1, 0.15) is 44.2 Å². The highest BCUT2D eigenvalue weighted by Crippen LogP contribution is 2.48. The summed E-state index contributed by atoms with van der Waals surface area (Å²) >= 11 is 0. The third-order valence-electron chi connectivity index (χ3n) is 4.31. The normalized spacial score (nSPS) is 22.1. The first-order valence-corrected chi connectivity index (χ1v) is 9.63. The Morgan fingerprint density at radius 1 is 0.857 bits per heavy atom. The molecule has 0 aromatic carbocycles. The number of piperidine rings is 2. The van der Waals surface area contributed by atoms with E-state index in [2.05, 4.69) is 38.4 Å². The van der Waals surface area contributed by atoms with Crippen LogP contribution in [-0.4, -0.2) is 40.5 Å². The van der Waals surface area contributed by atoms with E-state index in [1.807, 2.05) is 12.3 Å². The van der Waals surface area contributed by atoms with Crippen molar-refractivity contribution in [3.05, 3.63) is 35.9 Å². The van der Waals surface area contributed by atoms with E-state index >= 15 is 0 Å². The predicted octanol–water partition coefficient (Wildman–Crippen LogP) is 4.34.